The summed E-state index contributed by atoms with van der Waals surface area (Å²) in [5.41, 5.74) is 1.70. The molecule has 0 saturated carbocycles. The molecule has 0 bridgehead atoms. The highest BCUT2D eigenvalue weighted by Gasteiger charge is 2.15. The Morgan fingerprint density at radius 3 is 2.00 bits per heavy atom. The smallest absolute Gasteiger partial charge is 0.173 e. The lowest BCUT2D eigenvalue weighted by Crippen LogP contribution is -2.13. The first kappa shape index (κ1) is 23.1. The van der Waals surface area contributed by atoms with E-state index in [1.807, 2.05) is 18.2 Å². The predicted octanol–water partition coefficient (Wildman–Crippen LogP) is 4.85. The summed E-state index contributed by atoms with van der Waals surface area (Å²) < 4.78 is 33.8. The molecule has 34 heavy (non-hydrogen) atoms. The van der Waals surface area contributed by atoms with Crippen molar-refractivity contribution in [1.29, 1.82) is 0 Å². The van der Waals surface area contributed by atoms with E-state index in [-0.39, 0.29) is 0 Å². The molecule has 1 aromatic carbocycles. The quantitative estimate of drug-likeness (QED) is 0.429. The number of benzene rings is 1. The van der Waals surface area contributed by atoms with Crippen molar-refractivity contribution in [1.82, 2.24) is 9.97 Å². The molecule has 0 amide bonds. The lowest BCUT2D eigenvalue weighted by Gasteiger charge is -2.13. The average molecular weight is 503 g/mol. The number of fused-ring (bicyclic) bond motifs is 2. The Balaban J connectivity index is 1.37. The van der Waals surface area contributed by atoms with Crippen LogP contribution in [0.15, 0.2) is 36.4 Å². The summed E-state index contributed by atoms with van der Waals surface area (Å²) in [5.74, 6) is 2.10. The normalized spacial score (nSPS) is 16.1. The number of methoxy groups -OCH3 is 1. The number of ether oxygens (including phenoxy) is 6. The van der Waals surface area contributed by atoms with E-state index in [9.17, 15) is 0 Å². The molecule has 3 aromatic heterocycles. The molecule has 0 fully saturated rings. The summed E-state index contributed by atoms with van der Waals surface area (Å²) in [4.78, 5) is 11.6. The van der Waals surface area contributed by atoms with Crippen LogP contribution in [0.5, 0.6) is 16.6 Å². The minimum atomic E-state index is 0.411. The molecular weight excluding hydrogens is 476 g/mol. The van der Waals surface area contributed by atoms with Crippen molar-refractivity contribution >= 4 is 33.7 Å². The van der Waals surface area contributed by atoms with E-state index in [1.54, 1.807) is 29.8 Å². The van der Waals surface area contributed by atoms with E-state index in [4.69, 9.17) is 33.4 Å². The highest BCUT2D eigenvalue weighted by molar-refractivity contribution is 7.24. The second-order valence-electron chi connectivity index (χ2n) is 7.42. The maximum absolute atomic E-state index is 5.97. The van der Waals surface area contributed by atoms with Crippen LogP contribution in [-0.4, -0.2) is 69.9 Å². The van der Waals surface area contributed by atoms with Crippen molar-refractivity contribution < 1.29 is 28.4 Å². The molecule has 4 aromatic rings. The summed E-state index contributed by atoms with van der Waals surface area (Å²) >= 11 is 3.32. The first-order valence-corrected chi connectivity index (χ1v) is 12.7. The number of hydrogen-bond donors (Lipinski definition) is 1. The van der Waals surface area contributed by atoms with Gasteiger partial charge in [-0.2, -0.15) is 0 Å². The van der Waals surface area contributed by atoms with Crippen LogP contribution in [0.4, 0.5) is 0 Å². The Kier molecular flexibility index (Phi) is 7.62. The van der Waals surface area contributed by atoms with Crippen molar-refractivity contribution in [2.75, 3.05) is 60.0 Å². The van der Waals surface area contributed by atoms with Gasteiger partial charge in [-0.3, -0.25) is 0 Å². The Morgan fingerprint density at radius 1 is 0.735 bits per heavy atom. The van der Waals surface area contributed by atoms with Gasteiger partial charge in [0.05, 0.1) is 62.7 Å². The van der Waals surface area contributed by atoms with Gasteiger partial charge in [-0.25, -0.2) is 4.98 Å². The van der Waals surface area contributed by atoms with Crippen molar-refractivity contribution in [2.24, 2.45) is 0 Å². The molecule has 1 aliphatic heterocycles. The van der Waals surface area contributed by atoms with E-state index in [0.29, 0.717) is 64.4 Å². The molecule has 180 valence electrons. The number of thiophene rings is 2. The lowest BCUT2D eigenvalue weighted by molar-refractivity contribution is 0.00708. The molecule has 4 heterocycles. The van der Waals surface area contributed by atoms with Crippen LogP contribution in [0.25, 0.3) is 31.5 Å². The van der Waals surface area contributed by atoms with Crippen LogP contribution in [0.1, 0.15) is 0 Å². The average Bonchev–Trinajstić information content (AvgIpc) is 3.59. The van der Waals surface area contributed by atoms with E-state index in [0.717, 1.165) is 26.8 Å². The highest BCUT2D eigenvalue weighted by Crippen LogP contribution is 2.40. The molecule has 0 spiro atoms. The van der Waals surface area contributed by atoms with Crippen LogP contribution in [-0.2, 0) is 14.2 Å². The molecule has 0 saturated heterocycles. The van der Waals surface area contributed by atoms with Gasteiger partial charge in [0, 0.05) is 21.9 Å². The summed E-state index contributed by atoms with van der Waals surface area (Å²) in [6.45, 7) is 3.89. The Labute approximate surface area is 205 Å². The standard InChI is InChI=1S/C24H26N2O6S2/c1-27-23-5-4-21(34-23)20-2-3-22(33-20)24-25-16-14-18-19(15-17(16)26-24)32-13-11-30-9-7-28-6-8-29-10-12-31-18/h2-5,14-15H,6-13H2,1H3,(H,25,26). The largest absolute Gasteiger partial charge is 0.487 e. The zero-order valence-electron chi connectivity index (χ0n) is 18.8. The molecule has 0 atom stereocenters. The minimum Gasteiger partial charge on any atom is -0.487 e. The van der Waals surface area contributed by atoms with Gasteiger partial charge in [-0.1, -0.05) is 11.3 Å². The predicted molar refractivity (Wildman–Crippen MR) is 133 cm³/mol. The van der Waals surface area contributed by atoms with E-state index in [1.165, 1.54) is 9.75 Å². The van der Waals surface area contributed by atoms with E-state index >= 15 is 0 Å². The van der Waals surface area contributed by atoms with Gasteiger partial charge in [-0.15, -0.1) is 11.3 Å². The molecule has 1 aliphatic rings. The Morgan fingerprint density at radius 2 is 1.32 bits per heavy atom. The molecule has 1 N–H and O–H groups in total. The van der Waals surface area contributed by atoms with Crippen LogP contribution in [0.2, 0.25) is 0 Å². The van der Waals surface area contributed by atoms with Crippen LogP contribution >= 0.6 is 22.7 Å². The number of hydrogen-bond acceptors (Lipinski definition) is 9. The van der Waals surface area contributed by atoms with Gasteiger partial charge in [0.2, 0.25) is 0 Å². The van der Waals surface area contributed by atoms with Crippen molar-refractivity contribution in [2.45, 2.75) is 0 Å². The molecule has 0 unspecified atom stereocenters. The second-order valence-corrected chi connectivity index (χ2v) is 9.55. The fraction of sp³-hybridized carbons (Fsp3) is 0.375. The summed E-state index contributed by atoms with van der Waals surface area (Å²) in [7, 11) is 1.69. The zero-order chi connectivity index (χ0) is 23.2. The maximum Gasteiger partial charge on any atom is 0.173 e. The summed E-state index contributed by atoms with van der Waals surface area (Å²) in [6, 6.07) is 12.1. The monoisotopic (exact) mass is 502 g/mol. The van der Waals surface area contributed by atoms with Crippen molar-refractivity contribution in [3.63, 3.8) is 0 Å². The van der Waals surface area contributed by atoms with Gasteiger partial charge < -0.3 is 33.4 Å². The van der Waals surface area contributed by atoms with Crippen molar-refractivity contribution in [3.05, 3.63) is 36.4 Å². The molecule has 5 rings (SSSR count). The number of nitrogens with zero attached hydrogens (tertiary/aromatic N) is 1. The van der Waals surface area contributed by atoms with Gasteiger partial charge >= 0.3 is 0 Å². The Hall–Kier alpha value is -2.63. The van der Waals surface area contributed by atoms with Crippen LogP contribution < -0.4 is 14.2 Å². The fourth-order valence-corrected chi connectivity index (χ4v) is 5.34. The van der Waals surface area contributed by atoms with Crippen LogP contribution in [0, 0.1) is 0 Å². The number of aromatic amines is 1. The Bertz CT molecular complexity index is 1170. The van der Waals surface area contributed by atoms with Gasteiger partial charge in [0.1, 0.15) is 19.0 Å². The summed E-state index contributed by atoms with van der Waals surface area (Å²) in [5, 5.41) is 0.898. The molecule has 8 nitrogen and oxygen atoms in total. The molecule has 0 aliphatic carbocycles. The highest BCUT2D eigenvalue weighted by atomic mass is 32.1. The van der Waals surface area contributed by atoms with Gasteiger partial charge in [0.15, 0.2) is 16.6 Å². The topological polar surface area (TPSA) is 84.1 Å². The number of aromatic nitrogens is 2. The van der Waals surface area contributed by atoms with Crippen molar-refractivity contribution in [3.8, 4) is 37.0 Å². The second kappa shape index (κ2) is 11.2. The molecule has 10 heteroatoms. The van der Waals surface area contributed by atoms with E-state index in [2.05, 4.69) is 23.2 Å². The third-order valence-corrected chi connectivity index (χ3v) is 7.46. The first-order valence-electron chi connectivity index (χ1n) is 11.1. The minimum absolute atomic E-state index is 0.411. The number of H-pyrrole nitrogens is 1. The zero-order valence-corrected chi connectivity index (χ0v) is 20.5. The number of rotatable bonds is 3. The lowest BCUT2D eigenvalue weighted by atomic mass is 10.2. The third kappa shape index (κ3) is 5.53. The van der Waals surface area contributed by atoms with Crippen LogP contribution in [0.3, 0.4) is 0 Å². The SMILES string of the molecule is COc1ccc(-c2ccc(-c3nc4cc5c(cc4[nH]3)OCCOCCOCCOCCO5)s2)s1. The fourth-order valence-electron chi connectivity index (χ4n) is 3.48. The van der Waals surface area contributed by atoms with Gasteiger partial charge in [0.25, 0.3) is 0 Å². The maximum atomic E-state index is 5.97. The summed E-state index contributed by atoms with van der Waals surface area (Å²) in [6.07, 6.45) is 0. The number of imidazole rings is 1. The van der Waals surface area contributed by atoms with Gasteiger partial charge in [-0.05, 0) is 24.3 Å². The molecule has 0 radical (unpaired) electrons. The first-order chi connectivity index (χ1) is 16.8. The molecular formula is C24H26N2O6S2. The number of nitrogens with one attached hydrogen (secondary N) is 1. The van der Waals surface area contributed by atoms with E-state index < -0.39 is 0 Å². The third-order valence-electron chi connectivity index (χ3n) is 5.13.